The Morgan fingerprint density at radius 2 is 2.10 bits per heavy atom. The van der Waals surface area contributed by atoms with Gasteiger partial charge in [-0.2, -0.15) is 0 Å². The quantitative estimate of drug-likeness (QED) is 0.745. The summed E-state index contributed by atoms with van der Waals surface area (Å²) in [6.07, 6.45) is 6.31. The number of rotatable bonds is 3. The van der Waals surface area contributed by atoms with Crippen LogP contribution in [0.25, 0.3) is 0 Å². The summed E-state index contributed by atoms with van der Waals surface area (Å²) in [4.78, 5) is 39.2. The second kappa shape index (κ2) is 7.84. The van der Waals surface area contributed by atoms with Crippen molar-refractivity contribution in [3.63, 3.8) is 0 Å². The predicted octanol–water partition coefficient (Wildman–Crippen LogP) is 1.51. The fourth-order valence-electron chi connectivity index (χ4n) is 5.34. The topological polar surface area (TPSA) is 80.6 Å². The van der Waals surface area contributed by atoms with E-state index in [0.717, 1.165) is 37.4 Å². The van der Waals surface area contributed by atoms with Crippen LogP contribution >= 0.6 is 0 Å². The van der Waals surface area contributed by atoms with Gasteiger partial charge in [-0.05, 0) is 38.3 Å². The molecule has 0 unspecified atom stereocenters. The molecule has 2 atom stereocenters. The molecular weight excluding hydrogens is 394 g/mol. The Kier molecular flexibility index (Phi) is 5.14. The molecule has 164 valence electrons. The van der Waals surface area contributed by atoms with Crippen molar-refractivity contribution in [2.75, 3.05) is 32.8 Å². The molecule has 0 radical (unpaired) electrons. The van der Waals surface area contributed by atoms with E-state index in [2.05, 4.69) is 14.9 Å². The number of hydrogen-bond donors (Lipinski definition) is 0. The Bertz CT molecular complexity index is 1040. The monoisotopic (exact) mass is 423 g/mol. The van der Waals surface area contributed by atoms with E-state index in [1.807, 2.05) is 30.7 Å². The van der Waals surface area contributed by atoms with E-state index >= 15 is 0 Å². The molecule has 2 aromatic heterocycles. The molecule has 8 nitrogen and oxygen atoms in total. The SMILES string of the molecule is CC1(C)CN(C(=O)c2ccc3n(c2=O)C[C@H]2C[C@@H]3CN(Cc3cnccn3)C2)CCO1. The number of aromatic nitrogens is 3. The van der Waals surface area contributed by atoms with Crippen molar-refractivity contribution < 1.29 is 9.53 Å². The van der Waals surface area contributed by atoms with Gasteiger partial charge in [-0.3, -0.25) is 24.5 Å². The molecule has 0 aliphatic carbocycles. The van der Waals surface area contributed by atoms with Crippen molar-refractivity contribution in [1.82, 2.24) is 24.3 Å². The van der Waals surface area contributed by atoms with Gasteiger partial charge in [0, 0.05) is 69.5 Å². The molecule has 0 N–H and O–H groups in total. The molecule has 5 heterocycles. The van der Waals surface area contributed by atoms with Gasteiger partial charge in [-0.25, -0.2) is 0 Å². The maximum Gasteiger partial charge on any atom is 0.263 e. The number of pyridine rings is 1. The zero-order valence-electron chi connectivity index (χ0n) is 18.2. The third kappa shape index (κ3) is 4.02. The molecule has 0 spiro atoms. The van der Waals surface area contributed by atoms with Gasteiger partial charge in [0.25, 0.3) is 11.5 Å². The van der Waals surface area contributed by atoms with Gasteiger partial charge in [-0.15, -0.1) is 0 Å². The molecule has 3 aliphatic heterocycles. The predicted molar refractivity (Wildman–Crippen MR) is 115 cm³/mol. The van der Waals surface area contributed by atoms with Crippen LogP contribution < -0.4 is 5.56 Å². The van der Waals surface area contributed by atoms with E-state index in [1.165, 1.54) is 0 Å². The Labute approximate surface area is 181 Å². The van der Waals surface area contributed by atoms with E-state index < -0.39 is 0 Å². The van der Waals surface area contributed by atoms with Gasteiger partial charge in [0.15, 0.2) is 0 Å². The molecule has 0 saturated carbocycles. The summed E-state index contributed by atoms with van der Waals surface area (Å²) >= 11 is 0. The van der Waals surface area contributed by atoms with Gasteiger partial charge in [0.05, 0.1) is 17.9 Å². The largest absolute Gasteiger partial charge is 0.372 e. The number of morpholine rings is 1. The molecule has 31 heavy (non-hydrogen) atoms. The highest BCUT2D eigenvalue weighted by atomic mass is 16.5. The molecule has 2 fully saturated rings. The van der Waals surface area contributed by atoms with Crippen LogP contribution in [-0.2, 0) is 17.8 Å². The summed E-state index contributed by atoms with van der Waals surface area (Å²) < 4.78 is 7.57. The molecular formula is C23H29N5O3. The van der Waals surface area contributed by atoms with Gasteiger partial charge in [0.2, 0.25) is 0 Å². The van der Waals surface area contributed by atoms with Gasteiger partial charge >= 0.3 is 0 Å². The fraction of sp³-hybridized carbons (Fsp3) is 0.565. The van der Waals surface area contributed by atoms with E-state index in [0.29, 0.717) is 38.1 Å². The van der Waals surface area contributed by atoms with Crippen LogP contribution in [0, 0.1) is 5.92 Å². The molecule has 5 rings (SSSR count). The average Bonchev–Trinajstić information content (AvgIpc) is 2.74. The zero-order chi connectivity index (χ0) is 21.6. The summed E-state index contributed by atoms with van der Waals surface area (Å²) in [5.74, 6) is 0.508. The zero-order valence-corrected chi connectivity index (χ0v) is 18.2. The van der Waals surface area contributed by atoms with Crippen LogP contribution in [-0.4, -0.2) is 68.6 Å². The smallest absolute Gasteiger partial charge is 0.263 e. The molecule has 0 aromatic carbocycles. The first kappa shape index (κ1) is 20.3. The lowest BCUT2D eigenvalue weighted by Gasteiger charge is -2.43. The molecule has 1 amide bonds. The third-order valence-corrected chi connectivity index (χ3v) is 6.63. The van der Waals surface area contributed by atoms with Crippen LogP contribution in [0.4, 0.5) is 0 Å². The number of hydrogen-bond acceptors (Lipinski definition) is 6. The highest BCUT2D eigenvalue weighted by Gasteiger charge is 2.37. The van der Waals surface area contributed by atoms with Crippen LogP contribution in [0.1, 0.15) is 47.9 Å². The van der Waals surface area contributed by atoms with Crippen molar-refractivity contribution in [2.45, 2.75) is 44.9 Å². The van der Waals surface area contributed by atoms with Crippen molar-refractivity contribution in [3.05, 3.63) is 58.0 Å². The lowest BCUT2D eigenvalue weighted by atomic mass is 9.83. The number of carbonyl (C=O) groups excluding carboxylic acids is 1. The van der Waals surface area contributed by atoms with Crippen molar-refractivity contribution in [1.29, 1.82) is 0 Å². The fourth-order valence-corrected chi connectivity index (χ4v) is 5.34. The normalized spacial score (nSPS) is 25.2. The highest BCUT2D eigenvalue weighted by Crippen LogP contribution is 2.35. The summed E-state index contributed by atoms with van der Waals surface area (Å²) in [5, 5.41) is 0. The molecule has 8 heteroatoms. The average molecular weight is 424 g/mol. The van der Waals surface area contributed by atoms with Crippen LogP contribution in [0.5, 0.6) is 0 Å². The standard InChI is InChI=1S/C23H29N5O3/c1-23(2)15-27(7-8-31-23)21(29)19-3-4-20-17-9-16(12-28(20)22(19)30)11-26(13-17)14-18-10-24-5-6-25-18/h3-6,10,16-17H,7-9,11-15H2,1-2H3/t16-,17+/m0/s1. The van der Waals surface area contributed by atoms with E-state index in [9.17, 15) is 9.59 Å². The lowest BCUT2D eigenvalue weighted by molar-refractivity contribution is -0.0764. The van der Waals surface area contributed by atoms with E-state index in [4.69, 9.17) is 4.74 Å². The Morgan fingerprint density at radius 3 is 2.87 bits per heavy atom. The van der Waals surface area contributed by atoms with Crippen molar-refractivity contribution in [2.24, 2.45) is 5.92 Å². The van der Waals surface area contributed by atoms with Crippen LogP contribution in [0.15, 0.2) is 35.5 Å². The summed E-state index contributed by atoms with van der Waals surface area (Å²) in [6.45, 7) is 8.71. The number of nitrogens with zero attached hydrogens (tertiary/aromatic N) is 5. The number of fused-ring (bicyclic) bond motifs is 4. The van der Waals surface area contributed by atoms with Gasteiger partial charge < -0.3 is 14.2 Å². The highest BCUT2D eigenvalue weighted by molar-refractivity contribution is 5.94. The molecule has 2 saturated heterocycles. The first-order chi connectivity index (χ1) is 14.9. The summed E-state index contributed by atoms with van der Waals surface area (Å²) in [6, 6.07) is 3.73. The lowest BCUT2D eigenvalue weighted by Crippen LogP contribution is -2.52. The van der Waals surface area contributed by atoms with Gasteiger partial charge in [0.1, 0.15) is 5.56 Å². The molecule has 2 bridgehead atoms. The molecule has 3 aliphatic rings. The van der Waals surface area contributed by atoms with Gasteiger partial charge in [-0.1, -0.05) is 0 Å². The number of ether oxygens (including phenoxy) is 1. The summed E-state index contributed by atoms with van der Waals surface area (Å²) in [5.41, 5.74) is 1.75. The minimum Gasteiger partial charge on any atom is -0.372 e. The van der Waals surface area contributed by atoms with Crippen LogP contribution in [0.2, 0.25) is 0 Å². The second-order valence-electron chi connectivity index (χ2n) is 9.61. The molecule has 2 aromatic rings. The maximum absolute atomic E-state index is 13.3. The van der Waals surface area contributed by atoms with E-state index in [-0.39, 0.29) is 22.6 Å². The Hall–Kier alpha value is -2.58. The minimum atomic E-state index is -0.387. The minimum absolute atomic E-state index is 0.149. The number of piperidine rings is 1. The van der Waals surface area contributed by atoms with Crippen LogP contribution in [0.3, 0.4) is 0 Å². The Balaban J connectivity index is 1.37. The van der Waals surface area contributed by atoms with Crippen molar-refractivity contribution >= 4 is 5.91 Å². The number of amides is 1. The number of carbonyl (C=O) groups is 1. The first-order valence-corrected chi connectivity index (χ1v) is 11.0. The Morgan fingerprint density at radius 1 is 1.23 bits per heavy atom. The number of likely N-dealkylation sites (tertiary alicyclic amines) is 1. The second-order valence-corrected chi connectivity index (χ2v) is 9.61. The first-order valence-electron chi connectivity index (χ1n) is 11.0. The maximum atomic E-state index is 13.3. The third-order valence-electron chi connectivity index (χ3n) is 6.63. The van der Waals surface area contributed by atoms with E-state index in [1.54, 1.807) is 23.4 Å². The summed E-state index contributed by atoms with van der Waals surface area (Å²) in [7, 11) is 0. The van der Waals surface area contributed by atoms with Crippen molar-refractivity contribution in [3.8, 4) is 0 Å².